The molecule has 0 unspecified atom stereocenters. The second-order valence-corrected chi connectivity index (χ2v) is 11.5. The number of nitrogens with two attached hydrogens (primary N) is 1. The van der Waals surface area contributed by atoms with E-state index in [0.29, 0.717) is 19.3 Å². The third-order valence-corrected chi connectivity index (χ3v) is 8.31. The molecule has 2 saturated heterocycles. The molecule has 3 amide bonds. The molecule has 44 heavy (non-hydrogen) atoms. The minimum atomic E-state index is -0.960. The molecule has 0 aliphatic carbocycles. The first-order valence-corrected chi connectivity index (χ1v) is 15.2. The van der Waals surface area contributed by atoms with Crippen LogP contribution in [0.1, 0.15) is 48.8 Å². The molecular weight excluding hydrogens is 558 g/mol. The topological polar surface area (TPSA) is 144 Å². The Morgan fingerprint density at radius 2 is 1.55 bits per heavy atom. The van der Waals surface area contributed by atoms with Crippen LogP contribution in [0.5, 0.6) is 0 Å². The van der Waals surface area contributed by atoms with Crippen LogP contribution in [0.15, 0.2) is 85.2 Å². The van der Waals surface area contributed by atoms with Crippen molar-refractivity contribution >= 4 is 23.7 Å². The number of nitrogens with one attached hydrogen (secondary N) is 2. The van der Waals surface area contributed by atoms with Gasteiger partial charge in [0.15, 0.2) is 0 Å². The summed E-state index contributed by atoms with van der Waals surface area (Å²) in [4.78, 5) is 59.0. The maximum absolute atomic E-state index is 13.9. The lowest BCUT2D eigenvalue weighted by atomic mass is 9.99. The Morgan fingerprint density at radius 3 is 2.25 bits per heavy atom. The number of hydrogen-bond donors (Lipinski definition) is 3. The second-order valence-electron chi connectivity index (χ2n) is 11.5. The molecule has 0 bridgehead atoms. The minimum Gasteiger partial charge on any atom is -0.461 e. The van der Waals surface area contributed by atoms with Crippen LogP contribution in [-0.2, 0) is 43.4 Å². The monoisotopic (exact) mass is 597 g/mol. The number of ether oxygens (including phenoxy) is 1. The first-order chi connectivity index (χ1) is 21.4. The number of esters is 1. The lowest BCUT2D eigenvalue weighted by molar-refractivity contribution is -0.145. The summed E-state index contributed by atoms with van der Waals surface area (Å²) in [7, 11) is 0. The Labute approximate surface area is 257 Å². The van der Waals surface area contributed by atoms with E-state index in [-0.39, 0.29) is 37.3 Å². The molecule has 10 nitrogen and oxygen atoms in total. The van der Waals surface area contributed by atoms with Crippen molar-refractivity contribution in [2.75, 3.05) is 0 Å². The standard InChI is InChI=1S/C34H39N5O5/c35-28-15-13-27-14-16-30(39(27)34(28)43)33(42)38-29(19-25-12-7-17-36-21-25)32(41)37-26(18-23-8-3-1-4-9-23)20-31(40)44-22-24-10-5-2-6-11-24/h1-12,17,21,26-30H,13-16,18-20,22,35H2,(H,37,41)(H,38,42)/t26-,27-,28-,29-,30-/m0/s1. The van der Waals surface area contributed by atoms with Crippen LogP contribution >= 0.6 is 0 Å². The number of fused-ring (bicyclic) bond motifs is 1. The molecule has 1 aromatic heterocycles. The molecule has 3 aromatic rings. The highest BCUT2D eigenvalue weighted by molar-refractivity contribution is 5.94. The molecule has 10 heteroatoms. The summed E-state index contributed by atoms with van der Waals surface area (Å²) in [5, 5.41) is 5.92. The number of pyridine rings is 1. The molecule has 5 atom stereocenters. The summed E-state index contributed by atoms with van der Waals surface area (Å²) in [6.45, 7) is 0.132. The summed E-state index contributed by atoms with van der Waals surface area (Å²) in [5.74, 6) is -1.49. The van der Waals surface area contributed by atoms with Crippen molar-refractivity contribution in [3.05, 3.63) is 102 Å². The lowest BCUT2D eigenvalue weighted by Gasteiger charge is -2.36. The number of hydrogen-bond acceptors (Lipinski definition) is 7. The van der Waals surface area contributed by atoms with Crippen LogP contribution in [-0.4, -0.2) is 63.8 Å². The van der Waals surface area contributed by atoms with Crippen molar-refractivity contribution < 1.29 is 23.9 Å². The van der Waals surface area contributed by atoms with Crippen LogP contribution in [0, 0.1) is 0 Å². The number of carbonyl (C=O) groups excluding carboxylic acids is 4. The van der Waals surface area contributed by atoms with Gasteiger partial charge in [0.1, 0.15) is 18.7 Å². The molecule has 2 fully saturated rings. The first-order valence-electron chi connectivity index (χ1n) is 15.2. The van der Waals surface area contributed by atoms with E-state index >= 15 is 0 Å². The predicted octanol–water partition coefficient (Wildman–Crippen LogP) is 2.45. The van der Waals surface area contributed by atoms with Crippen LogP contribution < -0.4 is 16.4 Å². The van der Waals surface area contributed by atoms with Gasteiger partial charge in [0.2, 0.25) is 17.7 Å². The van der Waals surface area contributed by atoms with Crippen LogP contribution in [0.25, 0.3) is 0 Å². The third kappa shape index (κ3) is 8.08. The van der Waals surface area contributed by atoms with Gasteiger partial charge in [-0.15, -0.1) is 0 Å². The number of piperidine rings is 1. The Kier molecular flexibility index (Phi) is 10.3. The number of rotatable bonds is 12. The molecule has 4 N–H and O–H groups in total. The average molecular weight is 598 g/mol. The fourth-order valence-electron chi connectivity index (χ4n) is 6.05. The smallest absolute Gasteiger partial charge is 0.308 e. The Morgan fingerprint density at radius 1 is 0.864 bits per heavy atom. The van der Waals surface area contributed by atoms with Crippen molar-refractivity contribution in [2.45, 2.75) is 81.8 Å². The third-order valence-electron chi connectivity index (χ3n) is 8.31. The van der Waals surface area contributed by atoms with Crippen molar-refractivity contribution in [3.8, 4) is 0 Å². The maximum atomic E-state index is 13.9. The minimum absolute atomic E-state index is 0.0131. The molecule has 5 rings (SSSR count). The van der Waals surface area contributed by atoms with Crippen LogP contribution in [0.2, 0.25) is 0 Å². The molecule has 0 radical (unpaired) electrons. The number of aromatic nitrogens is 1. The van der Waals surface area contributed by atoms with Gasteiger partial charge in [0, 0.05) is 30.9 Å². The fourth-order valence-corrected chi connectivity index (χ4v) is 6.05. The summed E-state index contributed by atoms with van der Waals surface area (Å²) in [5.41, 5.74) is 8.60. The molecule has 230 valence electrons. The molecule has 2 aliphatic heterocycles. The van der Waals surface area contributed by atoms with Gasteiger partial charge in [-0.1, -0.05) is 66.7 Å². The van der Waals surface area contributed by atoms with E-state index in [1.165, 1.54) is 0 Å². The van der Waals surface area contributed by atoms with E-state index in [1.807, 2.05) is 66.7 Å². The molecule has 0 saturated carbocycles. The van der Waals surface area contributed by atoms with E-state index in [0.717, 1.165) is 29.5 Å². The highest BCUT2D eigenvalue weighted by atomic mass is 16.5. The average Bonchev–Trinajstić information content (AvgIpc) is 3.48. The molecule has 2 aliphatic rings. The quantitative estimate of drug-likeness (QED) is 0.272. The van der Waals surface area contributed by atoms with Gasteiger partial charge in [-0.05, 0) is 54.9 Å². The van der Waals surface area contributed by atoms with Crippen molar-refractivity contribution in [1.82, 2.24) is 20.5 Å². The lowest BCUT2D eigenvalue weighted by Crippen LogP contribution is -2.59. The zero-order chi connectivity index (χ0) is 30.9. The Hall–Kier alpha value is -4.57. The zero-order valence-electron chi connectivity index (χ0n) is 24.6. The predicted molar refractivity (Wildman–Crippen MR) is 164 cm³/mol. The van der Waals surface area contributed by atoms with Gasteiger partial charge >= 0.3 is 5.97 Å². The van der Waals surface area contributed by atoms with Gasteiger partial charge in [-0.3, -0.25) is 24.2 Å². The normalized spacial score (nSPS) is 20.7. The number of amides is 3. The number of benzene rings is 2. The second kappa shape index (κ2) is 14.7. The fraction of sp³-hybridized carbons (Fsp3) is 0.382. The van der Waals surface area contributed by atoms with Gasteiger partial charge in [-0.2, -0.15) is 0 Å². The summed E-state index contributed by atoms with van der Waals surface area (Å²) >= 11 is 0. The summed E-state index contributed by atoms with van der Waals surface area (Å²) in [6.07, 6.45) is 6.42. The first kappa shape index (κ1) is 30.9. The highest BCUT2D eigenvalue weighted by Gasteiger charge is 2.45. The van der Waals surface area contributed by atoms with Crippen LogP contribution in [0.3, 0.4) is 0 Å². The van der Waals surface area contributed by atoms with Gasteiger partial charge < -0.3 is 26.0 Å². The molecule has 0 spiro atoms. The van der Waals surface area contributed by atoms with Gasteiger partial charge in [0.25, 0.3) is 0 Å². The number of carbonyl (C=O) groups is 4. The van der Waals surface area contributed by atoms with E-state index in [2.05, 4.69) is 15.6 Å². The summed E-state index contributed by atoms with van der Waals surface area (Å²) < 4.78 is 5.52. The van der Waals surface area contributed by atoms with E-state index in [9.17, 15) is 19.2 Å². The van der Waals surface area contributed by atoms with E-state index in [4.69, 9.17) is 10.5 Å². The Balaban J connectivity index is 1.30. The summed E-state index contributed by atoms with van der Waals surface area (Å²) in [6, 6.07) is 19.7. The van der Waals surface area contributed by atoms with Crippen molar-refractivity contribution in [2.24, 2.45) is 5.73 Å². The van der Waals surface area contributed by atoms with E-state index < -0.39 is 36.0 Å². The molecule has 3 heterocycles. The van der Waals surface area contributed by atoms with Crippen molar-refractivity contribution in [1.29, 1.82) is 0 Å². The maximum Gasteiger partial charge on any atom is 0.308 e. The molecular formula is C34H39N5O5. The van der Waals surface area contributed by atoms with Gasteiger partial charge in [-0.25, -0.2) is 0 Å². The Bertz CT molecular complexity index is 1420. The SMILES string of the molecule is N[C@H]1CC[C@H]2CC[C@@H](C(=O)N[C@@H](Cc3cccnc3)C(=O)N[C@H](CC(=O)OCc3ccccc3)Cc3ccccc3)N2C1=O. The highest BCUT2D eigenvalue weighted by Crippen LogP contribution is 2.32. The molecule has 2 aromatic carbocycles. The van der Waals surface area contributed by atoms with E-state index in [1.54, 1.807) is 23.4 Å². The zero-order valence-corrected chi connectivity index (χ0v) is 24.6. The van der Waals surface area contributed by atoms with Crippen molar-refractivity contribution in [3.63, 3.8) is 0 Å². The van der Waals surface area contributed by atoms with Gasteiger partial charge in [0.05, 0.1) is 12.5 Å². The van der Waals surface area contributed by atoms with Crippen LogP contribution in [0.4, 0.5) is 0 Å². The largest absolute Gasteiger partial charge is 0.461 e. The number of nitrogens with zero attached hydrogens (tertiary/aromatic N) is 2.